The molecule has 0 aromatic heterocycles. The number of esters is 7. The highest BCUT2D eigenvalue weighted by Gasteiger charge is 2.33. The maximum absolute atomic E-state index is 12.2. The van der Waals surface area contributed by atoms with Gasteiger partial charge in [-0.3, -0.25) is 33.6 Å². The van der Waals surface area contributed by atoms with E-state index in [9.17, 15) is 38.1 Å². The molecular formula is C22H38Cl3O17P3. The zero-order chi connectivity index (χ0) is 36.6. The molecular weight excluding hydrogens is 736 g/mol. The maximum Gasteiger partial charge on any atom is 0.313 e. The Kier molecular flexibility index (Phi) is 40.4. The summed E-state index contributed by atoms with van der Waals surface area (Å²) in [5.41, 5.74) is 0. The van der Waals surface area contributed by atoms with Crippen molar-refractivity contribution >= 4 is 96.6 Å². The third-order valence-corrected chi connectivity index (χ3v) is 8.81. The minimum absolute atomic E-state index is 0.0516. The lowest BCUT2D eigenvalue weighted by Crippen LogP contribution is -2.20. The van der Waals surface area contributed by atoms with Crippen LogP contribution in [0.25, 0.3) is 0 Å². The number of hydrogen-bond acceptors (Lipinski definition) is 17. The molecule has 264 valence electrons. The lowest BCUT2D eigenvalue weighted by atomic mass is 10.5. The largest absolute Gasteiger partial charge is 0.469 e. The maximum atomic E-state index is 12.2. The van der Waals surface area contributed by atoms with Crippen molar-refractivity contribution in [3.63, 3.8) is 0 Å². The molecule has 0 saturated heterocycles. The Labute approximate surface area is 277 Å². The van der Waals surface area contributed by atoms with Crippen molar-refractivity contribution in [2.24, 2.45) is 0 Å². The third kappa shape index (κ3) is 39.8. The molecule has 0 heterocycles. The van der Waals surface area contributed by atoms with Crippen LogP contribution in [-0.2, 0) is 71.3 Å². The van der Waals surface area contributed by atoms with Crippen molar-refractivity contribution in [1.82, 2.24) is 0 Å². The van der Waals surface area contributed by atoms with Crippen LogP contribution < -0.4 is 0 Å². The summed E-state index contributed by atoms with van der Waals surface area (Å²) in [7, 11) is 4.05. The van der Waals surface area contributed by atoms with E-state index in [-0.39, 0.29) is 24.5 Å². The first kappa shape index (κ1) is 52.4. The van der Waals surface area contributed by atoms with Gasteiger partial charge >= 0.3 is 41.8 Å². The van der Waals surface area contributed by atoms with Gasteiger partial charge in [-0.25, -0.2) is 0 Å². The van der Waals surface area contributed by atoms with Gasteiger partial charge in [-0.1, -0.05) is 48.6 Å². The molecule has 0 spiro atoms. The predicted octanol–water partition coefficient (Wildman–Crippen LogP) is 3.42. The number of carbonyl (C=O) groups is 7. The third-order valence-electron chi connectivity index (χ3n) is 4.19. The first-order valence-electron chi connectivity index (χ1n) is 11.7. The van der Waals surface area contributed by atoms with Crippen LogP contribution in [0.15, 0.2) is 0 Å². The zero-order valence-corrected chi connectivity index (χ0v) is 30.8. The molecule has 0 aromatic rings. The van der Waals surface area contributed by atoms with Gasteiger partial charge in [-0.05, 0) is 0 Å². The Morgan fingerprint density at radius 2 is 0.689 bits per heavy atom. The van der Waals surface area contributed by atoms with E-state index < -0.39 is 75.3 Å². The van der Waals surface area contributed by atoms with Crippen molar-refractivity contribution in [2.75, 3.05) is 86.7 Å². The molecule has 0 N–H and O–H groups in total. The Balaban J connectivity index is -0.000000175. The van der Waals surface area contributed by atoms with Crippen LogP contribution in [-0.4, -0.2) is 129 Å². The van der Waals surface area contributed by atoms with Crippen molar-refractivity contribution in [1.29, 1.82) is 0 Å². The molecule has 0 fully saturated rings. The van der Waals surface area contributed by atoms with E-state index in [0.29, 0.717) is 6.42 Å². The van der Waals surface area contributed by atoms with Gasteiger partial charge in [0.2, 0.25) is 0 Å². The number of rotatable bonds is 13. The zero-order valence-electron chi connectivity index (χ0n) is 25.9. The lowest BCUT2D eigenvalue weighted by molar-refractivity contribution is -0.140. The topological polar surface area (TPSA) is 235 Å². The van der Waals surface area contributed by atoms with E-state index >= 15 is 0 Å². The number of halogens is 3. The van der Waals surface area contributed by atoms with E-state index in [1.807, 2.05) is 0 Å². The van der Waals surface area contributed by atoms with Gasteiger partial charge in [0.25, 0.3) is 0 Å². The monoisotopic (exact) mass is 772 g/mol. The molecule has 0 aliphatic rings. The molecule has 0 bridgehead atoms. The van der Waals surface area contributed by atoms with Crippen molar-refractivity contribution in [3.05, 3.63) is 9.93 Å². The second-order valence-electron chi connectivity index (χ2n) is 7.26. The Morgan fingerprint density at radius 1 is 0.489 bits per heavy atom. The molecule has 45 heavy (non-hydrogen) atoms. The van der Waals surface area contributed by atoms with Crippen LogP contribution in [0.1, 0.15) is 13.3 Å². The van der Waals surface area contributed by atoms with Gasteiger partial charge in [-0.15, -0.1) is 0 Å². The molecule has 17 nitrogen and oxygen atoms in total. The Hall–Kier alpha value is -2.15. The second kappa shape index (κ2) is 34.7. The molecule has 0 atom stereocenters. The summed E-state index contributed by atoms with van der Waals surface area (Å²) in [6.07, 6.45) is -0.853. The predicted molar refractivity (Wildman–Crippen MR) is 169 cm³/mol. The molecule has 0 unspecified atom stereocenters. The molecule has 0 saturated carbocycles. The summed E-state index contributed by atoms with van der Waals surface area (Å²) < 4.78 is 43.0. The first-order chi connectivity index (χ1) is 20.9. The fraction of sp³-hybridized carbons (Fsp3) is 0.682. The van der Waals surface area contributed by atoms with Gasteiger partial charge < -0.3 is 37.7 Å². The number of ether oxygens (including phenoxy) is 7. The summed E-state index contributed by atoms with van der Waals surface area (Å²) in [4.78, 5) is 90.3. The lowest BCUT2D eigenvalue weighted by Gasteiger charge is -2.14. The molecule has 0 amide bonds. The molecule has 0 aromatic carbocycles. The average Bonchev–Trinajstić information content (AvgIpc) is 3.00. The van der Waals surface area contributed by atoms with Gasteiger partial charge in [0, 0.05) is 16.4 Å². The molecule has 0 radical (unpaired) electrons. The number of carbonyl (C=O) groups excluding carboxylic acids is 7. The van der Waals surface area contributed by atoms with E-state index in [4.69, 9.17) is 43.7 Å². The van der Waals surface area contributed by atoms with Crippen molar-refractivity contribution < 1.29 is 71.3 Å². The van der Waals surface area contributed by atoms with Gasteiger partial charge in [-0.2, -0.15) is 0 Å². The van der Waals surface area contributed by atoms with Crippen LogP contribution in [0.5, 0.6) is 0 Å². The van der Waals surface area contributed by atoms with Crippen LogP contribution in [0.4, 0.5) is 0 Å². The van der Waals surface area contributed by atoms with Crippen LogP contribution in [0.2, 0.25) is 0 Å². The summed E-state index contributed by atoms with van der Waals surface area (Å²) in [5, 5.41) is 0. The smallest absolute Gasteiger partial charge is 0.313 e. The fourth-order valence-electron chi connectivity index (χ4n) is 2.12. The minimum atomic E-state index is -3.36. The van der Waals surface area contributed by atoms with Crippen LogP contribution in [0, 0.1) is 9.93 Å². The van der Waals surface area contributed by atoms with E-state index in [0.717, 1.165) is 21.3 Å². The minimum Gasteiger partial charge on any atom is -0.469 e. The van der Waals surface area contributed by atoms with Crippen LogP contribution in [0.3, 0.4) is 0 Å². The molecule has 0 rings (SSSR count). The molecule has 0 aliphatic heterocycles. The van der Waals surface area contributed by atoms with Crippen molar-refractivity contribution in [3.8, 4) is 0 Å². The van der Waals surface area contributed by atoms with Crippen LogP contribution >= 0.6 is 54.8 Å². The SMILES string of the molecule is CCC(=O)OC.COC(=O)CP(=O)(CC(=O)OC)CC(=O)OC.COC(=O)CP(CC(=O)OC)CC(=O)OC.ClP(Cl)Cl.O=O. The quantitative estimate of drug-likeness (QED) is 0.148. The Morgan fingerprint density at radius 3 is 0.822 bits per heavy atom. The fourth-order valence-corrected chi connectivity index (χ4v) is 6.07. The number of methoxy groups -OCH3 is 7. The van der Waals surface area contributed by atoms with E-state index in [2.05, 4.69) is 33.2 Å². The highest BCUT2D eigenvalue weighted by Crippen LogP contribution is 2.51. The number of hydrogen-bond donors (Lipinski definition) is 0. The van der Waals surface area contributed by atoms with E-state index in [1.54, 1.807) is 6.92 Å². The standard InChI is InChI=1S/C9H15O7P.C9H15O6P.C4H8O2.Cl3P.O2/c1-14-7(10)4-17(13,5-8(11)15-2)6-9(12)16-3;1-13-7(10)4-16(5-8(11)14-2)6-9(12)15-3;1-3-4(5)6-2;1-4(2)3;1-2/h4-6H2,1-3H3;4-6H2,1-3H3;3H2,1-2H3;;. The Bertz CT molecular complexity index is 834. The summed E-state index contributed by atoms with van der Waals surface area (Å²) in [5.74, 6) is -4.94. The van der Waals surface area contributed by atoms with Gasteiger partial charge in [0.15, 0.2) is 5.98 Å². The molecule has 0 aliphatic carbocycles. The highest BCUT2D eigenvalue weighted by atomic mass is 36.0. The van der Waals surface area contributed by atoms with Gasteiger partial charge in [0.1, 0.15) is 25.6 Å². The van der Waals surface area contributed by atoms with E-state index in [1.165, 1.54) is 28.4 Å². The highest BCUT2D eigenvalue weighted by molar-refractivity contribution is 8.20. The first-order valence-corrected chi connectivity index (χ1v) is 19.9. The average molecular weight is 774 g/mol. The molecule has 23 heteroatoms. The van der Waals surface area contributed by atoms with Crippen molar-refractivity contribution in [2.45, 2.75) is 13.3 Å². The summed E-state index contributed by atoms with van der Waals surface area (Å²) in [6.45, 7) is 1.76. The normalized spacial score (nSPS) is 9.36. The summed E-state index contributed by atoms with van der Waals surface area (Å²) >= 11 is 14.6. The second-order valence-corrected chi connectivity index (χ2v) is 17.6. The van der Waals surface area contributed by atoms with Gasteiger partial charge in [0.05, 0.1) is 68.3 Å². The summed E-state index contributed by atoms with van der Waals surface area (Å²) in [6, 6.07) is 0.